The SMILES string of the molecule is COc1ccc(Cl)cc1C(=O)NNC(=O)/C=C/c1cccc(Br)c1. The molecule has 0 heterocycles. The second-order valence-electron chi connectivity index (χ2n) is 4.68. The van der Waals surface area contributed by atoms with E-state index in [1.807, 2.05) is 24.3 Å². The third kappa shape index (κ3) is 5.11. The van der Waals surface area contributed by atoms with Crippen molar-refractivity contribution in [1.82, 2.24) is 10.9 Å². The van der Waals surface area contributed by atoms with Gasteiger partial charge in [-0.1, -0.05) is 39.7 Å². The molecule has 2 amide bonds. The molecule has 0 unspecified atom stereocenters. The number of hydrogen-bond donors (Lipinski definition) is 2. The molecule has 2 aromatic rings. The molecule has 2 N–H and O–H groups in total. The molecule has 2 aromatic carbocycles. The maximum atomic E-state index is 12.1. The van der Waals surface area contributed by atoms with E-state index in [0.29, 0.717) is 10.8 Å². The van der Waals surface area contributed by atoms with Crippen LogP contribution in [0.4, 0.5) is 0 Å². The lowest BCUT2D eigenvalue weighted by atomic mass is 10.2. The van der Waals surface area contributed by atoms with Crippen LogP contribution < -0.4 is 15.6 Å². The molecule has 0 saturated carbocycles. The fourth-order valence-corrected chi connectivity index (χ4v) is 2.46. The number of carbonyl (C=O) groups is 2. The van der Waals surface area contributed by atoms with Crippen LogP contribution in [0.2, 0.25) is 5.02 Å². The molecule has 24 heavy (non-hydrogen) atoms. The van der Waals surface area contributed by atoms with Gasteiger partial charge in [-0.05, 0) is 42.0 Å². The number of rotatable bonds is 4. The van der Waals surface area contributed by atoms with Crippen molar-refractivity contribution >= 4 is 45.4 Å². The standard InChI is InChI=1S/C17H14BrClN2O3/c1-24-15-7-6-13(19)10-14(15)17(23)21-20-16(22)8-5-11-3-2-4-12(18)9-11/h2-10H,1H3,(H,20,22)(H,21,23)/b8-5+. The van der Waals surface area contributed by atoms with Gasteiger partial charge in [-0.25, -0.2) is 0 Å². The zero-order chi connectivity index (χ0) is 17.5. The van der Waals surface area contributed by atoms with Crippen molar-refractivity contribution < 1.29 is 14.3 Å². The van der Waals surface area contributed by atoms with E-state index in [1.165, 1.54) is 19.3 Å². The minimum Gasteiger partial charge on any atom is -0.496 e. The van der Waals surface area contributed by atoms with E-state index in [4.69, 9.17) is 16.3 Å². The van der Waals surface area contributed by atoms with E-state index in [1.54, 1.807) is 18.2 Å². The Morgan fingerprint density at radius 2 is 1.96 bits per heavy atom. The highest BCUT2D eigenvalue weighted by atomic mass is 79.9. The summed E-state index contributed by atoms with van der Waals surface area (Å²) >= 11 is 9.22. The van der Waals surface area contributed by atoms with Crippen molar-refractivity contribution in [2.24, 2.45) is 0 Å². The smallest absolute Gasteiger partial charge is 0.273 e. The second kappa shape index (κ2) is 8.52. The van der Waals surface area contributed by atoms with Gasteiger partial charge in [0, 0.05) is 15.6 Å². The van der Waals surface area contributed by atoms with Gasteiger partial charge >= 0.3 is 0 Å². The van der Waals surface area contributed by atoms with Crippen molar-refractivity contribution in [3.8, 4) is 5.75 Å². The van der Waals surface area contributed by atoms with Gasteiger partial charge in [0.1, 0.15) is 5.75 Å². The first-order chi connectivity index (χ1) is 11.5. The Morgan fingerprint density at radius 1 is 1.17 bits per heavy atom. The Balaban J connectivity index is 1.96. The molecule has 0 radical (unpaired) electrons. The van der Waals surface area contributed by atoms with Crippen LogP contribution in [0.3, 0.4) is 0 Å². The number of nitrogens with one attached hydrogen (secondary N) is 2. The van der Waals surface area contributed by atoms with Crippen LogP contribution in [-0.2, 0) is 4.79 Å². The summed E-state index contributed by atoms with van der Waals surface area (Å²) in [6, 6.07) is 12.1. The van der Waals surface area contributed by atoms with E-state index < -0.39 is 11.8 Å². The minimum absolute atomic E-state index is 0.223. The van der Waals surface area contributed by atoms with Crippen LogP contribution in [0.25, 0.3) is 6.08 Å². The first-order valence-corrected chi connectivity index (χ1v) is 8.04. The number of hydrazine groups is 1. The van der Waals surface area contributed by atoms with Crippen LogP contribution in [0, 0.1) is 0 Å². The van der Waals surface area contributed by atoms with Gasteiger partial charge in [-0.2, -0.15) is 0 Å². The highest BCUT2D eigenvalue weighted by Crippen LogP contribution is 2.22. The molecule has 0 atom stereocenters. The highest BCUT2D eigenvalue weighted by molar-refractivity contribution is 9.10. The summed E-state index contributed by atoms with van der Waals surface area (Å²) < 4.78 is 6.00. The molecule has 0 saturated heterocycles. The van der Waals surface area contributed by atoms with Gasteiger partial charge in [-0.15, -0.1) is 0 Å². The average Bonchev–Trinajstić information content (AvgIpc) is 2.58. The Labute approximate surface area is 152 Å². The van der Waals surface area contributed by atoms with Crippen molar-refractivity contribution in [1.29, 1.82) is 0 Å². The zero-order valence-corrected chi connectivity index (χ0v) is 15.0. The lowest BCUT2D eigenvalue weighted by Crippen LogP contribution is -2.40. The van der Waals surface area contributed by atoms with E-state index >= 15 is 0 Å². The number of benzene rings is 2. The highest BCUT2D eigenvalue weighted by Gasteiger charge is 2.13. The summed E-state index contributed by atoms with van der Waals surface area (Å²) in [4.78, 5) is 23.9. The van der Waals surface area contributed by atoms with Crippen LogP contribution >= 0.6 is 27.5 Å². The molecule has 2 rings (SSSR count). The number of ether oxygens (including phenoxy) is 1. The van der Waals surface area contributed by atoms with Gasteiger partial charge in [0.05, 0.1) is 12.7 Å². The first kappa shape index (κ1) is 18.0. The van der Waals surface area contributed by atoms with Crippen LogP contribution in [-0.4, -0.2) is 18.9 Å². The Kier molecular flexibility index (Phi) is 6.40. The van der Waals surface area contributed by atoms with Gasteiger partial charge in [0.15, 0.2) is 0 Å². The summed E-state index contributed by atoms with van der Waals surface area (Å²) in [6.07, 6.45) is 2.95. The predicted molar refractivity (Wildman–Crippen MR) is 96.8 cm³/mol. The summed E-state index contributed by atoms with van der Waals surface area (Å²) in [5.41, 5.74) is 5.68. The van der Waals surface area contributed by atoms with E-state index in [0.717, 1.165) is 10.0 Å². The van der Waals surface area contributed by atoms with E-state index in [-0.39, 0.29) is 5.56 Å². The fraction of sp³-hybridized carbons (Fsp3) is 0.0588. The van der Waals surface area contributed by atoms with Gasteiger partial charge in [0.25, 0.3) is 11.8 Å². The number of carbonyl (C=O) groups excluding carboxylic acids is 2. The molecule has 0 aliphatic carbocycles. The van der Waals surface area contributed by atoms with Crippen molar-refractivity contribution in [3.63, 3.8) is 0 Å². The molecular weight excluding hydrogens is 396 g/mol. The summed E-state index contributed by atoms with van der Waals surface area (Å²) in [7, 11) is 1.44. The second-order valence-corrected chi connectivity index (χ2v) is 6.03. The third-order valence-electron chi connectivity index (χ3n) is 2.98. The van der Waals surface area contributed by atoms with Crippen molar-refractivity contribution in [2.45, 2.75) is 0 Å². The molecule has 0 aliphatic rings. The Morgan fingerprint density at radius 3 is 2.67 bits per heavy atom. The van der Waals surface area contributed by atoms with Crippen molar-refractivity contribution in [2.75, 3.05) is 7.11 Å². The van der Waals surface area contributed by atoms with Crippen LogP contribution in [0.15, 0.2) is 53.0 Å². The average molecular weight is 410 g/mol. The third-order valence-corrected chi connectivity index (χ3v) is 3.71. The quantitative estimate of drug-likeness (QED) is 0.599. The topological polar surface area (TPSA) is 67.4 Å². The van der Waals surface area contributed by atoms with Crippen LogP contribution in [0.5, 0.6) is 5.75 Å². The lowest BCUT2D eigenvalue weighted by molar-refractivity contribution is -0.117. The van der Waals surface area contributed by atoms with E-state index in [2.05, 4.69) is 26.8 Å². The molecule has 5 nitrogen and oxygen atoms in total. The van der Waals surface area contributed by atoms with E-state index in [9.17, 15) is 9.59 Å². The number of amides is 2. The van der Waals surface area contributed by atoms with Gasteiger partial charge in [-0.3, -0.25) is 20.4 Å². The summed E-state index contributed by atoms with van der Waals surface area (Å²) in [5.74, 6) is -0.640. The Hall–Kier alpha value is -2.31. The molecule has 0 spiro atoms. The largest absolute Gasteiger partial charge is 0.496 e. The Bertz CT molecular complexity index is 793. The lowest BCUT2D eigenvalue weighted by Gasteiger charge is -2.09. The number of hydrogen-bond acceptors (Lipinski definition) is 3. The summed E-state index contributed by atoms with van der Waals surface area (Å²) in [6.45, 7) is 0. The molecule has 0 aliphatic heterocycles. The summed E-state index contributed by atoms with van der Waals surface area (Å²) in [5, 5.41) is 0.391. The van der Waals surface area contributed by atoms with Gasteiger partial charge < -0.3 is 4.74 Å². The zero-order valence-electron chi connectivity index (χ0n) is 12.7. The minimum atomic E-state index is -0.529. The van der Waals surface area contributed by atoms with Crippen molar-refractivity contribution in [3.05, 3.63) is 69.2 Å². The molecule has 124 valence electrons. The monoisotopic (exact) mass is 408 g/mol. The number of halogens is 2. The first-order valence-electron chi connectivity index (χ1n) is 6.87. The number of methoxy groups -OCH3 is 1. The molecule has 7 heteroatoms. The maximum absolute atomic E-state index is 12.1. The van der Waals surface area contributed by atoms with Crippen LogP contribution in [0.1, 0.15) is 15.9 Å². The fourth-order valence-electron chi connectivity index (χ4n) is 1.87. The molecular formula is C17H14BrClN2O3. The normalized spacial score (nSPS) is 10.5. The molecule has 0 bridgehead atoms. The molecule has 0 aromatic heterocycles. The van der Waals surface area contributed by atoms with Gasteiger partial charge in [0.2, 0.25) is 0 Å². The molecule has 0 fully saturated rings. The maximum Gasteiger partial charge on any atom is 0.273 e. The predicted octanol–water partition coefficient (Wildman–Crippen LogP) is 3.59.